The van der Waals surface area contributed by atoms with E-state index in [1.807, 2.05) is 37.3 Å². The van der Waals surface area contributed by atoms with Crippen molar-refractivity contribution in [3.8, 4) is 5.75 Å². The summed E-state index contributed by atoms with van der Waals surface area (Å²) in [6.45, 7) is 4.68. The van der Waals surface area contributed by atoms with Crippen molar-refractivity contribution < 1.29 is 9.53 Å². The first-order valence-electron chi connectivity index (χ1n) is 9.42. The highest BCUT2D eigenvalue weighted by molar-refractivity contribution is 7.07. The molecule has 2 unspecified atom stereocenters. The van der Waals surface area contributed by atoms with E-state index in [1.54, 1.807) is 11.3 Å². The molecule has 27 heavy (non-hydrogen) atoms. The molecule has 2 fully saturated rings. The Morgan fingerprint density at radius 3 is 2.70 bits per heavy atom. The summed E-state index contributed by atoms with van der Waals surface area (Å²) in [6.07, 6.45) is 2.98. The molecule has 1 aliphatic heterocycles. The minimum Gasteiger partial charge on any atom is -0.481 e. The number of hydrogen-bond acceptors (Lipinski definition) is 4. The maximum atomic E-state index is 13.3. The van der Waals surface area contributed by atoms with Crippen LogP contribution in [0.1, 0.15) is 31.7 Å². The van der Waals surface area contributed by atoms with Crippen LogP contribution in [0.2, 0.25) is 0 Å². The van der Waals surface area contributed by atoms with Gasteiger partial charge in [-0.3, -0.25) is 4.79 Å². The van der Waals surface area contributed by atoms with Gasteiger partial charge < -0.3 is 15.0 Å². The Kier molecular flexibility index (Phi) is 6.45. The normalized spacial score (nSPS) is 21.1. The van der Waals surface area contributed by atoms with Crippen LogP contribution >= 0.6 is 23.7 Å². The predicted octanol–water partition coefficient (Wildman–Crippen LogP) is 4.11. The zero-order valence-corrected chi connectivity index (χ0v) is 17.2. The summed E-state index contributed by atoms with van der Waals surface area (Å²) < 4.78 is 5.93. The van der Waals surface area contributed by atoms with Crippen molar-refractivity contribution in [2.24, 2.45) is 5.41 Å². The van der Waals surface area contributed by atoms with E-state index in [1.165, 1.54) is 18.4 Å². The monoisotopic (exact) mass is 406 g/mol. The molecule has 1 saturated heterocycles. The van der Waals surface area contributed by atoms with E-state index in [2.05, 4.69) is 27.0 Å². The van der Waals surface area contributed by atoms with Crippen LogP contribution in [0.15, 0.2) is 47.2 Å². The molecule has 1 N–H and O–H groups in total. The van der Waals surface area contributed by atoms with Gasteiger partial charge in [0, 0.05) is 12.6 Å². The van der Waals surface area contributed by atoms with Gasteiger partial charge in [0.15, 0.2) is 6.10 Å². The van der Waals surface area contributed by atoms with Crippen LogP contribution in [-0.4, -0.2) is 36.0 Å². The van der Waals surface area contributed by atoms with E-state index in [0.29, 0.717) is 18.0 Å². The summed E-state index contributed by atoms with van der Waals surface area (Å²) in [5, 5.41) is 7.66. The average Bonchev–Trinajstić information content (AvgIpc) is 3.09. The molecule has 4 nitrogen and oxygen atoms in total. The highest BCUT2D eigenvalue weighted by Crippen LogP contribution is 2.56. The number of carbonyl (C=O) groups excluding carboxylic acids is 1. The molecule has 146 valence electrons. The van der Waals surface area contributed by atoms with Crippen molar-refractivity contribution in [2.75, 3.05) is 13.1 Å². The van der Waals surface area contributed by atoms with Crippen molar-refractivity contribution in [2.45, 2.75) is 44.9 Å². The van der Waals surface area contributed by atoms with E-state index < -0.39 is 6.10 Å². The molecular formula is C21H27ClN2O2S. The average molecular weight is 407 g/mol. The third kappa shape index (κ3) is 4.48. The number of ether oxygens (including phenoxy) is 1. The van der Waals surface area contributed by atoms with Crippen LogP contribution in [0, 0.1) is 5.41 Å². The number of para-hydroxylation sites is 1. The van der Waals surface area contributed by atoms with E-state index in [0.717, 1.165) is 25.3 Å². The van der Waals surface area contributed by atoms with Gasteiger partial charge in [0.2, 0.25) is 0 Å². The minimum atomic E-state index is -0.476. The molecule has 1 saturated carbocycles. The number of rotatable bonds is 6. The summed E-state index contributed by atoms with van der Waals surface area (Å²) in [5.41, 5.74) is 1.54. The Morgan fingerprint density at radius 1 is 1.30 bits per heavy atom. The van der Waals surface area contributed by atoms with Gasteiger partial charge in [0.05, 0.1) is 0 Å². The number of benzene rings is 1. The third-order valence-electron chi connectivity index (χ3n) is 5.74. The molecule has 0 bridgehead atoms. The lowest BCUT2D eigenvalue weighted by Crippen LogP contribution is -2.44. The fourth-order valence-corrected chi connectivity index (χ4v) is 4.80. The standard InChI is InChI=1S/C21H26N2O2S.ClH/c1-16(25-18-5-3-2-4-6-18)20(24)23(14-17-7-12-26-15-17)19-13-21(19)8-10-22-11-9-21;/h2-7,12,15-16,19,22H,8-11,13-14H2,1H3;1H. The second-order valence-corrected chi connectivity index (χ2v) is 8.28. The van der Waals surface area contributed by atoms with Crippen LogP contribution in [0.5, 0.6) is 5.75 Å². The van der Waals surface area contributed by atoms with Crippen LogP contribution in [-0.2, 0) is 11.3 Å². The quantitative estimate of drug-likeness (QED) is 0.784. The van der Waals surface area contributed by atoms with E-state index >= 15 is 0 Å². The Balaban J connectivity index is 0.00000210. The number of nitrogens with zero attached hydrogens (tertiary/aromatic N) is 1. The number of piperidine rings is 1. The van der Waals surface area contributed by atoms with Gasteiger partial charge in [0.1, 0.15) is 5.75 Å². The largest absolute Gasteiger partial charge is 0.481 e. The molecule has 2 atom stereocenters. The number of halogens is 1. The van der Waals surface area contributed by atoms with E-state index in [9.17, 15) is 4.79 Å². The first-order valence-corrected chi connectivity index (χ1v) is 10.4. The summed E-state index contributed by atoms with van der Waals surface area (Å²) in [5.74, 6) is 0.844. The first kappa shape index (κ1) is 20.2. The van der Waals surface area contributed by atoms with Crippen molar-refractivity contribution in [3.05, 3.63) is 52.7 Å². The molecule has 2 aromatic rings. The first-order chi connectivity index (χ1) is 12.7. The second-order valence-electron chi connectivity index (χ2n) is 7.50. The van der Waals surface area contributed by atoms with Gasteiger partial charge in [-0.2, -0.15) is 11.3 Å². The molecule has 1 aromatic carbocycles. The third-order valence-corrected chi connectivity index (χ3v) is 6.47. The molecule has 6 heteroatoms. The Labute approximate surface area is 171 Å². The number of nitrogens with one attached hydrogen (secondary N) is 1. The van der Waals surface area contributed by atoms with Gasteiger partial charge in [-0.15, -0.1) is 12.4 Å². The maximum Gasteiger partial charge on any atom is 0.263 e. The topological polar surface area (TPSA) is 41.6 Å². The van der Waals surface area contributed by atoms with Gasteiger partial charge in [0.25, 0.3) is 5.91 Å². The van der Waals surface area contributed by atoms with E-state index in [4.69, 9.17) is 4.74 Å². The van der Waals surface area contributed by atoms with E-state index in [-0.39, 0.29) is 18.3 Å². The van der Waals surface area contributed by atoms with Gasteiger partial charge in [-0.25, -0.2) is 0 Å². The van der Waals surface area contributed by atoms with Crippen LogP contribution in [0.25, 0.3) is 0 Å². The highest BCUT2D eigenvalue weighted by Gasteiger charge is 2.58. The number of thiophene rings is 1. The maximum absolute atomic E-state index is 13.3. The molecule has 1 aromatic heterocycles. The van der Waals surface area contributed by atoms with Crippen molar-refractivity contribution >= 4 is 29.7 Å². The molecular weight excluding hydrogens is 380 g/mol. The Bertz CT molecular complexity index is 732. The summed E-state index contributed by atoms with van der Waals surface area (Å²) in [6, 6.07) is 12.1. The van der Waals surface area contributed by atoms with Crippen LogP contribution < -0.4 is 10.1 Å². The molecule has 4 rings (SSSR count). The highest BCUT2D eigenvalue weighted by atomic mass is 35.5. The van der Waals surface area contributed by atoms with Gasteiger partial charge >= 0.3 is 0 Å². The number of carbonyl (C=O) groups is 1. The van der Waals surface area contributed by atoms with Gasteiger partial charge in [-0.1, -0.05) is 18.2 Å². The van der Waals surface area contributed by atoms with Gasteiger partial charge in [-0.05, 0) is 79.2 Å². The zero-order valence-electron chi connectivity index (χ0n) is 15.6. The molecule has 2 heterocycles. The fraction of sp³-hybridized carbons (Fsp3) is 0.476. The van der Waals surface area contributed by atoms with Crippen LogP contribution in [0.4, 0.5) is 0 Å². The lowest BCUT2D eigenvalue weighted by Gasteiger charge is -2.31. The lowest BCUT2D eigenvalue weighted by atomic mass is 9.93. The fourth-order valence-electron chi connectivity index (χ4n) is 4.14. The Hall–Kier alpha value is -1.56. The summed E-state index contributed by atoms with van der Waals surface area (Å²) >= 11 is 1.68. The Morgan fingerprint density at radius 2 is 2.04 bits per heavy atom. The molecule has 1 aliphatic carbocycles. The zero-order chi connectivity index (χ0) is 18.0. The minimum absolute atomic E-state index is 0. The van der Waals surface area contributed by atoms with Crippen molar-refractivity contribution in [3.63, 3.8) is 0 Å². The molecule has 2 aliphatic rings. The number of amides is 1. The predicted molar refractivity (Wildman–Crippen MR) is 112 cm³/mol. The SMILES string of the molecule is CC(Oc1ccccc1)C(=O)N(Cc1ccsc1)C1CC12CCNCC2.Cl. The lowest BCUT2D eigenvalue weighted by molar-refractivity contribution is -0.140. The smallest absolute Gasteiger partial charge is 0.263 e. The second kappa shape index (κ2) is 8.63. The number of hydrogen-bond donors (Lipinski definition) is 1. The van der Waals surface area contributed by atoms with Crippen LogP contribution in [0.3, 0.4) is 0 Å². The summed E-state index contributed by atoms with van der Waals surface area (Å²) in [7, 11) is 0. The summed E-state index contributed by atoms with van der Waals surface area (Å²) in [4.78, 5) is 15.4. The van der Waals surface area contributed by atoms with Crippen molar-refractivity contribution in [1.82, 2.24) is 10.2 Å². The molecule has 1 spiro atoms. The molecule has 0 radical (unpaired) electrons. The molecule has 1 amide bonds. The van der Waals surface area contributed by atoms with Crippen molar-refractivity contribution in [1.29, 1.82) is 0 Å².